The zero-order chi connectivity index (χ0) is 14.0. The van der Waals surface area contributed by atoms with Gasteiger partial charge in [0.15, 0.2) is 0 Å². The van der Waals surface area contributed by atoms with Crippen LogP contribution in [0.1, 0.15) is 38.7 Å². The van der Waals surface area contributed by atoms with Gasteiger partial charge in [-0.2, -0.15) is 0 Å². The summed E-state index contributed by atoms with van der Waals surface area (Å²) < 4.78 is 10.6. The topological polar surface area (TPSA) is 38.7 Å². The molecular formula is C16H24O3. The summed E-state index contributed by atoms with van der Waals surface area (Å²) in [7, 11) is 3.27. The van der Waals surface area contributed by atoms with E-state index in [0.29, 0.717) is 5.92 Å². The van der Waals surface area contributed by atoms with Crippen molar-refractivity contribution in [3.8, 4) is 11.5 Å². The van der Waals surface area contributed by atoms with Crippen molar-refractivity contribution in [3.63, 3.8) is 0 Å². The minimum Gasteiger partial charge on any atom is -0.497 e. The van der Waals surface area contributed by atoms with E-state index in [-0.39, 0.29) is 5.92 Å². The molecule has 0 spiro atoms. The lowest BCUT2D eigenvalue weighted by Crippen LogP contribution is -2.40. The van der Waals surface area contributed by atoms with E-state index in [2.05, 4.69) is 13.8 Å². The van der Waals surface area contributed by atoms with E-state index in [4.69, 9.17) is 9.47 Å². The van der Waals surface area contributed by atoms with Gasteiger partial charge in [-0.15, -0.1) is 0 Å². The Bertz CT molecular complexity index is 421. The third-order valence-corrected chi connectivity index (χ3v) is 4.68. The predicted octanol–water partition coefficient (Wildman–Crippen LogP) is 3.35. The van der Waals surface area contributed by atoms with Crippen molar-refractivity contribution in [2.24, 2.45) is 11.8 Å². The van der Waals surface area contributed by atoms with Gasteiger partial charge in [0.2, 0.25) is 0 Å². The van der Waals surface area contributed by atoms with Gasteiger partial charge in [-0.3, -0.25) is 0 Å². The summed E-state index contributed by atoms with van der Waals surface area (Å²) in [5.74, 6) is 2.22. The molecule has 19 heavy (non-hydrogen) atoms. The average molecular weight is 264 g/mol. The van der Waals surface area contributed by atoms with Crippen LogP contribution in [-0.4, -0.2) is 19.3 Å². The molecule has 1 aliphatic carbocycles. The second-order valence-corrected chi connectivity index (χ2v) is 5.68. The molecule has 0 aromatic heterocycles. The molecule has 3 atom stereocenters. The molecule has 1 saturated carbocycles. The molecule has 3 heteroatoms. The summed E-state index contributed by atoms with van der Waals surface area (Å²) in [6.07, 6.45) is 3.04. The molecule has 0 bridgehead atoms. The molecular weight excluding hydrogens is 240 g/mol. The monoisotopic (exact) mass is 264 g/mol. The minimum absolute atomic E-state index is 0.234. The number of hydrogen-bond donors (Lipinski definition) is 1. The van der Waals surface area contributed by atoms with Crippen molar-refractivity contribution >= 4 is 0 Å². The van der Waals surface area contributed by atoms with Crippen LogP contribution in [0, 0.1) is 11.8 Å². The molecule has 1 aromatic carbocycles. The highest BCUT2D eigenvalue weighted by molar-refractivity contribution is 5.41. The van der Waals surface area contributed by atoms with E-state index < -0.39 is 5.60 Å². The predicted molar refractivity (Wildman–Crippen MR) is 75.6 cm³/mol. The Morgan fingerprint density at radius 3 is 2.21 bits per heavy atom. The van der Waals surface area contributed by atoms with Gasteiger partial charge in [0, 0.05) is 6.07 Å². The van der Waals surface area contributed by atoms with Crippen LogP contribution in [0.15, 0.2) is 18.2 Å². The van der Waals surface area contributed by atoms with Crippen molar-refractivity contribution < 1.29 is 14.6 Å². The smallest absolute Gasteiger partial charge is 0.122 e. The summed E-state index contributed by atoms with van der Waals surface area (Å²) in [6.45, 7) is 4.35. The third-order valence-electron chi connectivity index (χ3n) is 4.68. The first-order valence-corrected chi connectivity index (χ1v) is 6.97. The summed E-state index contributed by atoms with van der Waals surface area (Å²) >= 11 is 0. The maximum absolute atomic E-state index is 11.1. The van der Waals surface area contributed by atoms with Crippen molar-refractivity contribution in [2.45, 2.75) is 38.7 Å². The van der Waals surface area contributed by atoms with Crippen molar-refractivity contribution in [3.05, 3.63) is 23.8 Å². The second kappa shape index (κ2) is 5.41. The Labute approximate surface area is 115 Å². The van der Waals surface area contributed by atoms with E-state index >= 15 is 0 Å². The Hall–Kier alpha value is -1.22. The zero-order valence-corrected chi connectivity index (χ0v) is 12.3. The fourth-order valence-electron chi connectivity index (χ4n) is 3.11. The van der Waals surface area contributed by atoms with Crippen molar-refractivity contribution in [2.75, 3.05) is 14.2 Å². The summed E-state index contributed by atoms with van der Waals surface area (Å²) in [5.41, 5.74) is 0.127. The molecule has 1 aliphatic rings. The lowest BCUT2D eigenvalue weighted by Gasteiger charge is -2.42. The standard InChI is InChI=1S/C16H24O3/c1-11-6-5-7-16(17,12(11)2)13-8-14(18-3)10-15(9-13)19-4/h8-12,17H,5-7H2,1-4H3. The van der Waals surface area contributed by atoms with Crippen LogP contribution < -0.4 is 9.47 Å². The van der Waals surface area contributed by atoms with Crippen LogP contribution in [0.4, 0.5) is 0 Å². The second-order valence-electron chi connectivity index (χ2n) is 5.68. The van der Waals surface area contributed by atoms with Crippen LogP contribution in [0.5, 0.6) is 11.5 Å². The molecule has 0 heterocycles. The fourth-order valence-corrected chi connectivity index (χ4v) is 3.11. The van der Waals surface area contributed by atoms with Crippen LogP contribution in [0.25, 0.3) is 0 Å². The molecule has 1 aromatic rings. The van der Waals surface area contributed by atoms with Gasteiger partial charge in [0.1, 0.15) is 11.5 Å². The Balaban J connectivity index is 2.43. The third kappa shape index (κ3) is 2.57. The molecule has 1 N–H and O–H groups in total. The van der Waals surface area contributed by atoms with E-state index in [0.717, 1.165) is 29.9 Å². The number of rotatable bonds is 3. The highest BCUT2D eigenvalue weighted by Gasteiger charge is 2.41. The molecule has 0 amide bonds. The highest BCUT2D eigenvalue weighted by atomic mass is 16.5. The lowest BCUT2D eigenvalue weighted by atomic mass is 9.67. The molecule has 1 fully saturated rings. The Kier molecular flexibility index (Phi) is 4.04. The maximum Gasteiger partial charge on any atom is 0.122 e. The fraction of sp³-hybridized carbons (Fsp3) is 0.625. The van der Waals surface area contributed by atoms with E-state index in [1.54, 1.807) is 14.2 Å². The van der Waals surface area contributed by atoms with E-state index in [9.17, 15) is 5.11 Å². The number of methoxy groups -OCH3 is 2. The first-order chi connectivity index (χ1) is 9.01. The molecule has 3 nitrogen and oxygen atoms in total. The molecule has 0 saturated heterocycles. The summed E-state index contributed by atoms with van der Waals surface area (Å²) in [4.78, 5) is 0. The summed E-state index contributed by atoms with van der Waals surface area (Å²) in [5, 5.41) is 11.1. The average Bonchev–Trinajstić information content (AvgIpc) is 2.44. The van der Waals surface area contributed by atoms with Crippen LogP contribution in [0.3, 0.4) is 0 Å². The minimum atomic E-state index is -0.778. The van der Waals surface area contributed by atoms with E-state index in [1.165, 1.54) is 6.42 Å². The molecule has 2 rings (SSSR count). The largest absolute Gasteiger partial charge is 0.497 e. The first-order valence-electron chi connectivity index (χ1n) is 6.97. The normalized spacial score (nSPS) is 31.0. The van der Waals surface area contributed by atoms with Crippen LogP contribution >= 0.6 is 0 Å². The Morgan fingerprint density at radius 2 is 1.68 bits per heavy atom. The van der Waals surface area contributed by atoms with Gasteiger partial charge in [-0.1, -0.05) is 20.3 Å². The maximum atomic E-state index is 11.1. The van der Waals surface area contributed by atoms with Gasteiger partial charge in [-0.05, 0) is 42.4 Å². The van der Waals surface area contributed by atoms with Crippen LogP contribution in [0.2, 0.25) is 0 Å². The van der Waals surface area contributed by atoms with Crippen molar-refractivity contribution in [1.82, 2.24) is 0 Å². The van der Waals surface area contributed by atoms with E-state index in [1.807, 2.05) is 18.2 Å². The van der Waals surface area contributed by atoms with Gasteiger partial charge in [-0.25, -0.2) is 0 Å². The molecule has 0 radical (unpaired) electrons. The highest BCUT2D eigenvalue weighted by Crippen LogP contribution is 2.45. The Morgan fingerprint density at radius 1 is 1.11 bits per heavy atom. The quantitative estimate of drug-likeness (QED) is 0.910. The lowest BCUT2D eigenvalue weighted by molar-refractivity contribution is -0.0690. The number of aliphatic hydroxyl groups is 1. The van der Waals surface area contributed by atoms with Gasteiger partial charge in [0.05, 0.1) is 19.8 Å². The van der Waals surface area contributed by atoms with Crippen LogP contribution in [-0.2, 0) is 5.60 Å². The molecule has 0 aliphatic heterocycles. The summed E-state index contributed by atoms with van der Waals surface area (Å²) in [6, 6.07) is 5.69. The number of ether oxygens (including phenoxy) is 2. The van der Waals surface area contributed by atoms with Crippen molar-refractivity contribution in [1.29, 1.82) is 0 Å². The van der Waals surface area contributed by atoms with Gasteiger partial charge < -0.3 is 14.6 Å². The number of benzene rings is 1. The van der Waals surface area contributed by atoms with Gasteiger partial charge >= 0.3 is 0 Å². The zero-order valence-electron chi connectivity index (χ0n) is 12.3. The SMILES string of the molecule is COc1cc(OC)cc(C2(O)CCCC(C)C2C)c1. The molecule has 3 unspecified atom stereocenters. The first kappa shape index (κ1) is 14.2. The number of hydrogen-bond acceptors (Lipinski definition) is 3. The molecule has 106 valence electrons. The van der Waals surface area contributed by atoms with Gasteiger partial charge in [0.25, 0.3) is 0 Å².